The normalized spacial score (nSPS) is 21.4. The molecule has 0 radical (unpaired) electrons. The topological polar surface area (TPSA) is 29.5 Å². The van der Waals surface area contributed by atoms with Crippen LogP contribution in [0.25, 0.3) is 0 Å². The molecule has 0 aromatic heterocycles. The fourth-order valence-corrected chi connectivity index (χ4v) is 2.08. The van der Waals surface area contributed by atoms with Crippen molar-refractivity contribution in [2.45, 2.75) is 65.6 Å². The fourth-order valence-electron chi connectivity index (χ4n) is 2.08. The Labute approximate surface area is 94.0 Å². The van der Waals surface area contributed by atoms with Crippen LogP contribution in [0.4, 0.5) is 0 Å². The molecule has 0 amide bonds. The molecule has 0 bridgehead atoms. The Bertz CT molecular complexity index is 179. The number of ether oxygens (including phenoxy) is 1. The average Bonchev–Trinajstić information content (AvgIpc) is 2.91. The molecule has 0 spiro atoms. The molecule has 1 aliphatic rings. The Kier molecular flexibility index (Phi) is 4.60. The van der Waals surface area contributed by atoms with Crippen molar-refractivity contribution in [1.82, 2.24) is 0 Å². The number of hydrogen-bond acceptors (Lipinski definition) is 2. The minimum atomic E-state index is -0.300. The second kappa shape index (κ2) is 5.31. The molecular formula is C13H26O2. The van der Waals surface area contributed by atoms with Crippen molar-refractivity contribution in [2.75, 3.05) is 6.61 Å². The first-order chi connectivity index (χ1) is 6.95. The molecule has 1 N–H and O–H groups in total. The SMILES string of the molecule is CCOC(C(O)CCC1CC1)C(C)(C)C. The van der Waals surface area contributed by atoms with E-state index in [0.29, 0.717) is 6.61 Å². The Morgan fingerprint density at radius 2 is 1.93 bits per heavy atom. The lowest BCUT2D eigenvalue weighted by molar-refractivity contribution is -0.0910. The standard InChI is InChI=1S/C13H26O2/c1-5-15-12(13(2,3)4)11(14)9-8-10-6-7-10/h10-12,14H,5-9H2,1-4H3. The van der Waals surface area contributed by atoms with Gasteiger partial charge in [-0.15, -0.1) is 0 Å². The summed E-state index contributed by atoms with van der Waals surface area (Å²) >= 11 is 0. The van der Waals surface area contributed by atoms with E-state index in [1.807, 2.05) is 6.92 Å². The van der Waals surface area contributed by atoms with Crippen LogP contribution in [0.5, 0.6) is 0 Å². The smallest absolute Gasteiger partial charge is 0.0881 e. The summed E-state index contributed by atoms with van der Waals surface area (Å²) in [6, 6.07) is 0. The van der Waals surface area contributed by atoms with E-state index in [0.717, 1.165) is 12.3 Å². The van der Waals surface area contributed by atoms with E-state index in [4.69, 9.17) is 4.74 Å². The minimum Gasteiger partial charge on any atom is -0.390 e. The van der Waals surface area contributed by atoms with Crippen LogP contribution in [0.2, 0.25) is 0 Å². The summed E-state index contributed by atoms with van der Waals surface area (Å²) in [6.45, 7) is 9.07. The summed E-state index contributed by atoms with van der Waals surface area (Å²) in [6.07, 6.45) is 4.46. The molecule has 2 unspecified atom stereocenters. The third-order valence-corrected chi connectivity index (χ3v) is 3.12. The lowest BCUT2D eigenvalue weighted by Gasteiger charge is -2.34. The number of aliphatic hydroxyl groups excluding tert-OH is 1. The summed E-state index contributed by atoms with van der Waals surface area (Å²) in [5, 5.41) is 10.1. The molecule has 0 aromatic rings. The number of aliphatic hydroxyl groups is 1. The van der Waals surface area contributed by atoms with E-state index < -0.39 is 0 Å². The summed E-state index contributed by atoms with van der Waals surface area (Å²) in [4.78, 5) is 0. The van der Waals surface area contributed by atoms with Crippen LogP contribution in [-0.2, 0) is 4.74 Å². The molecule has 1 aliphatic carbocycles. The first kappa shape index (κ1) is 13.0. The van der Waals surface area contributed by atoms with Gasteiger partial charge in [0.2, 0.25) is 0 Å². The highest BCUT2D eigenvalue weighted by molar-refractivity contribution is 4.83. The van der Waals surface area contributed by atoms with Gasteiger partial charge in [-0.25, -0.2) is 0 Å². The molecule has 2 atom stereocenters. The van der Waals surface area contributed by atoms with Gasteiger partial charge in [-0.1, -0.05) is 33.6 Å². The molecule has 2 heteroatoms. The molecule has 0 saturated heterocycles. The summed E-state index contributed by atoms with van der Waals surface area (Å²) in [5.41, 5.74) is 0.0268. The molecular weight excluding hydrogens is 188 g/mol. The van der Waals surface area contributed by atoms with E-state index in [9.17, 15) is 5.11 Å². The van der Waals surface area contributed by atoms with Gasteiger partial charge in [-0.3, -0.25) is 0 Å². The molecule has 90 valence electrons. The van der Waals surface area contributed by atoms with Crippen LogP contribution >= 0.6 is 0 Å². The maximum Gasteiger partial charge on any atom is 0.0881 e. The molecule has 1 saturated carbocycles. The highest BCUT2D eigenvalue weighted by atomic mass is 16.5. The van der Waals surface area contributed by atoms with Gasteiger partial charge < -0.3 is 9.84 Å². The lowest BCUT2D eigenvalue weighted by Crippen LogP contribution is -2.40. The predicted molar refractivity (Wildman–Crippen MR) is 62.8 cm³/mol. The summed E-state index contributed by atoms with van der Waals surface area (Å²) in [7, 11) is 0. The van der Waals surface area contributed by atoms with Crippen LogP contribution in [0.1, 0.15) is 53.4 Å². The first-order valence-electron chi connectivity index (χ1n) is 6.24. The minimum absolute atomic E-state index is 0.0266. The van der Waals surface area contributed by atoms with Gasteiger partial charge in [0.25, 0.3) is 0 Å². The van der Waals surface area contributed by atoms with Crippen LogP contribution < -0.4 is 0 Å². The molecule has 15 heavy (non-hydrogen) atoms. The van der Waals surface area contributed by atoms with E-state index in [1.54, 1.807) is 0 Å². The van der Waals surface area contributed by atoms with Crippen molar-refractivity contribution in [3.8, 4) is 0 Å². The van der Waals surface area contributed by atoms with E-state index in [2.05, 4.69) is 20.8 Å². The Morgan fingerprint density at radius 3 is 2.33 bits per heavy atom. The quantitative estimate of drug-likeness (QED) is 0.736. The largest absolute Gasteiger partial charge is 0.390 e. The zero-order valence-corrected chi connectivity index (χ0v) is 10.6. The van der Waals surface area contributed by atoms with Crippen LogP contribution in [0.3, 0.4) is 0 Å². The average molecular weight is 214 g/mol. The van der Waals surface area contributed by atoms with Crippen molar-refractivity contribution >= 4 is 0 Å². The highest BCUT2D eigenvalue weighted by Gasteiger charge is 2.33. The Balaban J connectivity index is 2.38. The third-order valence-electron chi connectivity index (χ3n) is 3.12. The molecule has 0 aliphatic heterocycles. The molecule has 1 rings (SSSR count). The Hall–Kier alpha value is -0.0800. The Morgan fingerprint density at radius 1 is 1.33 bits per heavy atom. The fraction of sp³-hybridized carbons (Fsp3) is 1.00. The van der Waals surface area contributed by atoms with E-state index in [-0.39, 0.29) is 17.6 Å². The van der Waals surface area contributed by atoms with Crippen LogP contribution in [-0.4, -0.2) is 23.9 Å². The van der Waals surface area contributed by atoms with Gasteiger partial charge in [0.15, 0.2) is 0 Å². The predicted octanol–water partition coefficient (Wildman–Crippen LogP) is 2.99. The maximum absolute atomic E-state index is 10.1. The van der Waals surface area contributed by atoms with Crippen LogP contribution in [0, 0.1) is 11.3 Å². The summed E-state index contributed by atoms with van der Waals surface area (Å²) < 4.78 is 5.67. The summed E-state index contributed by atoms with van der Waals surface area (Å²) in [5.74, 6) is 0.891. The molecule has 2 nitrogen and oxygen atoms in total. The maximum atomic E-state index is 10.1. The zero-order chi connectivity index (χ0) is 11.5. The monoisotopic (exact) mass is 214 g/mol. The second-order valence-electron chi connectivity index (χ2n) is 5.83. The highest BCUT2D eigenvalue weighted by Crippen LogP contribution is 2.35. The van der Waals surface area contributed by atoms with Crippen LogP contribution in [0.15, 0.2) is 0 Å². The number of rotatable bonds is 6. The van der Waals surface area contributed by atoms with Gasteiger partial charge in [-0.05, 0) is 31.1 Å². The number of hydrogen-bond donors (Lipinski definition) is 1. The first-order valence-corrected chi connectivity index (χ1v) is 6.24. The van der Waals surface area contributed by atoms with Gasteiger partial charge in [0.1, 0.15) is 0 Å². The second-order valence-corrected chi connectivity index (χ2v) is 5.83. The van der Waals surface area contributed by atoms with Crippen molar-refractivity contribution in [1.29, 1.82) is 0 Å². The van der Waals surface area contributed by atoms with E-state index >= 15 is 0 Å². The van der Waals surface area contributed by atoms with Crippen molar-refractivity contribution in [3.05, 3.63) is 0 Å². The molecule has 1 fully saturated rings. The van der Waals surface area contributed by atoms with Gasteiger partial charge in [0, 0.05) is 6.61 Å². The van der Waals surface area contributed by atoms with E-state index in [1.165, 1.54) is 19.3 Å². The van der Waals surface area contributed by atoms with Gasteiger partial charge >= 0.3 is 0 Å². The zero-order valence-electron chi connectivity index (χ0n) is 10.6. The van der Waals surface area contributed by atoms with Crippen molar-refractivity contribution in [2.24, 2.45) is 11.3 Å². The van der Waals surface area contributed by atoms with Crippen molar-refractivity contribution < 1.29 is 9.84 Å². The van der Waals surface area contributed by atoms with Gasteiger partial charge in [0.05, 0.1) is 12.2 Å². The van der Waals surface area contributed by atoms with Gasteiger partial charge in [-0.2, -0.15) is 0 Å². The lowest BCUT2D eigenvalue weighted by atomic mass is 9.84. The molecule has 0 heterocycles. The van der Waals surface area contributed by atoms with Crippen molar-refractivity contribution in [3.63, 3.8) is 0 Å². The third kappa shape index (κ3) is 4.52. The molecule has 0 aromatic carbocycles.